The molecule has 1 heterocycles. The Morgan fingerprint density at radius 1 is 0.950 bits per heavy atom. The summed E-state index contributed by atoms with van der Waals surface area (Å²) < 4.78 is 0. The molecule has 3 aromatic rings. The Morgan fingerprint density at radius 3 is 2.50 bits per heavy atom. The molecule has 1 N–H and O–H groups in total. The molecule has 2 aromatic carbocycles. The van der Waals surface area contributed by atoms with Gasteiger partial charge in [-0.05, 0) is 43.2 Å². The van der Waals surface area contributed by atoms with Gasteiger partial charge in [0, 0.05) is 24.1 Å². The molecule has 1 unspecified atom stereocenters. The van der Waals surface area contributed by atoms with Crippen LogP contribution in [0.4, 0.5) is 5.69 Å². The Morgan fingerprint density at radius 2 is 1.70 bits per heavy atom. The van der Waals surface area contributed by atoms with Crippen LogP contribution in [0.2, 0.25) is 0 Å². The summed E-state index contributed by atoms with van der Waals surface area (Å²) in [7, 11) is 0. The molecule has 1 aromatic heterocycles. The largest absolute Gasteiger partial charge is 0.378 e. The first-order valence-electron chi connectivity index (χ1n) is 6.77. The molecule has 0 saturated heterocycles. The average molecular weight is 263 g/mol. The molecular formula is C17H17N3. The van der Waals surface area contributed by atoms with E-state index < -0.39 is 0 Å². The van der Waals surface area contributed by atoms with Gasteiger partial charge in [0.2, 0.25) is 0 Å². The maximum absolute atomic E-state index is 4.34. The lowest BCUT2D eigenvalue weighted by molar-refractivity contribution is 0.874. The third-order valence-corrected chi connectivity index (χ3v) is 3.51. The molecule has 3 rings (SSSR count). The van der Waals surface area contributed by atoms with Gasteiger partial charge in [0.25, 0.3) is 0 Å². The van der Waals surface area contributed by atoms with E-state index in [0.717, 1.165) is 16.7 Å². The van der Waals surface area contributed by atoms with Crippen molar-refractivity contribution >= 4 is 16.7 Å². The third-order valence-electron chi connectivity index (χ3n) is 3.51. The van der Waals surface area contributed by atoms with Gasteiger partial charge in [-0.2, -0.15) is 0 Å². The lowest BCUT2D eigenvalue weighted by Gasteiger charge is -2.18. The topological polar surface area (TPSA) is 37.8 Å². The van der Waals surface area contributed by atoms with Crippen LogP contribution in [0.5, 0.6) is 0 Å². The molecule has 0 radical (unpaired) electrons. The Kier molecular flexibility index (Phi) is 3.33. The first-order valence-corrected chi connectivity index (χ1v) is 6.77. The summed E-state index contributed by atoms with van der Waals surface area (Å²) in [6.45, 7) is 4.31. The van der Waals surface area contributed by atoms with Gasteiger partial charge in [0.15, 0.2) is 0 Å². The number of benzene rings is 2. The van der Waals surface area contributed by atoms with Crippen molar-refractivity contribution < 1.29 is 0 Å². The van der Waals surface area contributed by atoms with E-state index in [1.165, 1.54) is 11.1 Å². The molecule has 0 bridgehead atoms. The van der Waals surface area contributed by atoms with Crippen molar-refractivity contribution in [3.05, 3.63) is 66.0 Å². The number of rotatable bonds is 3. The fraction of sp³-hybridized carbons (Fsp3) is 0.176. The quantitative estimate of drug-likeness (QED) is 0.772. The monoisotopic (exact) mass is 263 g/mol. The van der Waals surface area contributed by atoms with Gasteiger partial charge in [-0.3, -0.25) is 9.97 Å². The van der Waals surface area contributed by atoms with Crippen molar-refractivity contribution in [1.29, 1.82) is 0 Å². The normalized spacial score (nSPS) is 12.3. The molecule has 0 aliphatic heterocycles. The first kappa shape index (κ1) is 12.6. The van der Waals surface area contributed by atoms with E-state index in [2.05, 4.69) is 53.4 Å². The van der Waals surface area contributed by atoms with Crippen LogP contribution in [0.3, 0.4) is 0 Å². The fourth-order valence-electron chi connectivity index (χ4n) is 2.45. The molecule has 0 amide bonds. The smallest absolute Gasteiger partial charge is 0.0907 e. The minimum atomic E-state index is 0.255. The van der Waals surface area contributed by atoms with Crippen LogP contribution in [-0.2, 0) is 0 Å². The number of nitrogens with one attached hydrogen (secondary N) is 1. The SMILES string of the molecule is Cc1ccccc1C(C)Nc1ccc2nccnc2c1. The van der Waals surface area contributed by atoms with Crippen LogP contribution in [0.15, 0.2) is 54.9 Å². The summed E-state index contributed by atoms with van der Waals surface area (Å²) >= 11 is 0. The number of fused-ring (bicyclic) bond motifs is 1. The number of hydrogen-bond donors (Lipinski definition) is 1. The molecule has 0 fully saturated rings. The average Bonchev–Trinajstić information content (AvgIpc) is 2.47. The van der Waals surface area contributed by atoms with E-state index in [1.54, 1.807) is 12.4 Å². The summed E-state index contributed by atoms with van der Waals surface area (Å²) in [6, 6.07) is 14.8. The second kappa shape index (κ2) is 5.29. The fourth-order valence-corrected chi connectivity index (χ4v) is 2.45. The molecular weight excluding hydrogens is 246 g/mol. The van der Waals surface area contributed by atoms with Gasteiger partial charge in [-0.15, -0.1) is 0 Å². The van der Waals surface area contributed by atoms with Crippen LogP contribution >= 0.6 is 0 Å². The zero-order chi connectivity index (χ0) is 13.9. The first-order chi connectivity index (χ1) is 9.74. The second-order valence-corrected chi connectivity index (χ2v) is 4.98. The van der Waals surface area contributed by atoms with Crippen molar-refractivity contribution in [2.24, 2.45) is 0 Å². The predicted molar refractivity (Wildman–Crippen MR) is 82.8 cm³/mol. The molecule has 3 nitrogen and oxygen atoms in total. The standard InChI is InChI=1S/C17H17N3/c1-12-5-3-4-6-15(12)13(2)20-14-7-8-16-17(11-14)19-10-9-18-16/h3-11,13,20H,1-2H3. The van der Waals surface area contributed by atoms with Crippen molar-refractivity contribution in [3.63, 3.8) is 0 Å². The minimum absolute atomic E-state index is 0.255. The number of aryl methyl sites for hydroxylation is 1. The Balaban J connectivity index is 1.87. The zero-order valence-electron chi connectivity index (χ0n) is 11.7. The molecule has 0 aliphatic rings. The van der Waals surface area contributed by atoms with E-state index in [9.17, 15) is 0 Å². The van der Waals surface area contributed by atoms with Crippen molar-refractivity contribution in [2.75, 3.05) is 5.32 Å². The summed E-state index contributed by atoms with van der Waals surface area (Å²) in [5.41, 5.74) is 5.50. The highest BCUT2D eigenvalue weighted by atomic mass is 14.9. The lowest BCUT2D eigenvalue weighted by Crippen LogP contribution is -2.08. The van der Waals surface area contributed by atoms with E-state index in [1.807, 2.05) is 18.2 Å². The van der Waals surface area contributed by atoms with Crippen LogP contribution in [0.25, 0.3) is 11.0 Å². The van der Waals surface area contributed by atoms with Gasteiger partial charge < -0.3 is 5.32 Å². The van der Waals surface area contributed by atoms with Gasteiger partial charge >= 0.3 is 0 Å². The third kappa shape index (κ3) is 2.48. The van der Waals surface area contributed by atoms with Crippen molar-refractivity contribution in [2.45, 2.75) is 19.9 Å². The highest BCUT2D eigenvalue weighted by molar-refractivity contribution is 5.78. The Bertz CT molecular complexity index is 737. The van der Waals surface area contributed by atoms with Crippen LogP contribution in [0, 0.1) is 6.92 Å². The molecule has 3 heteroatoms. The highest BCUT2D eigenvalue weighted by Gasteiger charge is 2.08. The number of anilines is 1. The molecule has 100 valence electrons. The van der Waals surface area contributed by atoms with Crippen molar-refractivity contribution in [1.82, 2.24) is 9.97 Å². The van der Waals surface area contributed by atoms with Crippen molar-refractivity contribution in [3.8, 4) is 0 Å². The van der Waals surface area contributed by atoms with Gasteiger partial charge in [-0.25, -0.2) is 0 Å². The molecule has 1 atom stereocenters. The summed E-state index contributed by atoms with van der Waals surface area (Å²) in [6.07, 6.45) is 3.43. The predicted octanol–water partition coefficient (Wildman–Crippen LogP) is 4.11. The van der Waals surface area contributed by atoms with Gasteiger partial charge in [0.1, 0.15) is 0 Å². The Labute approximate surface area is 118 Å². The minimum Gasteiger partial charge on any atom is -0.378 e. The van der Waals surface area contributed by atoms with E-state index >= 15 is 0 Å². The maximum Gasteiger partial charge on any atom is 0.0907 e. The number of nitrogens with zero attached hydrogens (tertiary/aromatic N) is 2. The van der Waals surface area contributed by atoms with Gasteiger partial charge in [0.05, 0.1) is 11.0 Å². The summed E-state index contributed by atoms with van der Waals surface area (Å²) in [4.78, 5) is 8.62. The van der Waals surface area contributed by atoms with Gasteiger partial charge in [-0.1, -0.05) is 24.3 Å². The zero-order valence-corrected chi connectivity index (χ0v) is 11.7. The van der Waals surface area contributed by atoms with E-state index in [4.69, 9.17) is 0 Å². The lowest BCUT2D eigenvalue weighted by atomic mass is 10.0. The van der Waals surface area contributed by atoms with Crippen LogP contribution in [0.1, 0.15) is 24.1 Å². The van der Waals surface area contributed by atoms with Crippen LogP contribution < -0.4 is 5.32 Å². The maximum atomic E-state index is 4.34. The van der Waals surface area contributed by atoms with E-state index in [0.29, 0.717) is 0 Å². The molecule has 20 heavy (non-hydrogen) atoms. The second-order valence-electron chi connectivity index (χ2n) is 4.98. The Hall–Kier alpha value is -2.42. The molecule has 0 saturated carbocycles. The molecule has 0 spiro atoms. The number of aromatic nitrogens is 2. The highest BCUT2D eigenvalue weighted by Crippen LogP contribution is 2.23. The van der Waals surface area contributed by atoms with Crippen LogP contribution in [-0.4, -0.2) is 9.97 Å². The van der Waals surface area contributed by atoms with E-state index in [-0.39, 0.29) is 6.04 Å². The molecule has 0 aliphatic carbocycles. The summed E-state index contributed by atoms with van der Waals surface area (Å²) in [5, 5.41) is 3.52. The number of hydrogen-bond acceptors (Lipinski definition) is 3. The summed E-state index contributed by atoms with van der Waals surface area (Å²) in [5.74, 6) is 0.